The molecular weight excluding hydrogens is 546 g/mol. The minimum absolute atomic E-state index is 0.490. The SMILES string of the molecule is C#CCN(C)C(C)Cc1ccc(C)cc1.C#CCN(C)C(C)Cc1ccc(C)cc1.C#CCN(C)C(C)Cc1ccc(C)cc1. The number of hydrogen-bond donors (Lipinski definition) is 0. The van der Waals surface area contributed by atoms with Crippen LogP contribution in [0.3, 0.4) is 0 Å². The molecule has 240 valence electrons. The van der Waals surface area contributed by atoms with E-state index in [1.807, 2.05) is 0 Å². The number of hydrogen-bond acceptors (Lipinski definition) is 3. The van der Waals surface area contributed by atoms with Crippen molar-refractivity contribution in [2.45, 2.75) is 78.9 Å². The molecule has 3 rings (SSSR count). The second-order valence-electron chi connectivity index (χ2n) is 12.5. The third-order valence-electron chi connectivity index (χ3n) is 8.23. The van der Waals surface area contributed by atoms with Gasteiger partial charge in [-0.1, -0.05) is 107 Å². The van der Waals surface area contributed by atoms with E-state index in [0.717, 1.165) is 19.3 Å². The summed E-state index contributed by atoms with van der Waals surface area (Å²) in [4.78, 5) is 6.58. The van der Waals surface area contributed by atoms with E-state index in [1.54, 1.807) is 0 Å². The molecule has 3 heteroatoms. The van der Waals surface area contributed by atoms with Gasteiger partial charge in [0.1, 0.15) is 0 Å². The van der Waals surface area contributed by atoms with E-state index in [9.17, 15) is 0 Å². The van der Waals surface area contributed by atoms with Crippen LogP contribution in [-0.2, 0) is 19.3 Å². The maximum absolute atomic E-state index is 5.29. The van der Waals surface area contributed by atoms with Crippen LogP contribution in [0.15, 0.2) is 72.8 Å². The van der Waals surface area contributed by atoms with Gasteiger partial charge in [-0.15, -0.1) is 19.3 Å². The molecule has 3 nitrogen and oxygen atoms in total. The highest BCUT2D eigenvalue weighted by molar-refractivity contribution is 5.23. The highest BCUT2D eigenvalue weighted by Crippen LogP contribution is 2.11. The van der Waals surface area contributed by atoms with Crippen LogP contribution >= 0.6 is 0 Å². The maximum atomic E-state index is 5.29. The Labute approximate surface area is 277 Å². The van der Waals surface area contributed by atoms with Gasteiger partial charge in [0.2, 0.25) is 0 Å². The lowest BCUT2D eigenvalue weighted by Crippen LogP contribution is -2.31. The Kier molecular flexibility index (Phi) is 19.0. The van der Waals surface area contributed by atoms with Crippen LogP contribution in [0.4, 0.5) is 0 Å². The molecule has 3 aromatic carbocycles. The van der Waals surface area contributed by atoms with Crippen molar-refractivity contribution in [3.8, 4) is 37.0 Å². The molecule has 0 aliphatic rings. The summed E-state index contributed by atoms with van der Waals surface area (Å²) in [5, 5.41) is 0. The molecule has 0 N–H and O–H groups in total. The molecule has 0 radical (unpaired) electrons. The highest BCUT2D eigenvalue weighted by atomic mass is 15.1. The van der Waals surface area contributed by atoms with Crippen LogP contribution in [-0.4, -0.2) is 73.6 Å². The number of aryl methyl sites for hydroxylation is 3. The standard InChI is InChI=1S/3C14H19N/c3*1-5-10-15(4)13(3)11-14-8-6-12(2)7-9-14/h3*1,6-9,13H,10-11H2,2-4H3. The lowest BCUT2D eigenvalue weighted by molar-refractivity contribution is 0.287. The van der Waals surface area contributed by atoms with Crippen molar-refractivity contribution in [3.05, 3.63) is 106 Å². The van der Waals surface area contributed by atoms with E-state index in [1.165, 1.54) is 33.4 Å². The quantitative estimate of drug-likeness (QED) is 0.199. The molecular formula is C42H57N3. The molecule has 0 fully saturated rings. The van der Waals surface area contributed by atoms with Crippen LogP contribution < -0.4 is 0 Å². The Balaban J connectivity index is 0.000000337. The smallest absolute Gasteiger partial charge is 0.0598 e. The molecule has 3 unspecified atom stereocenters. The predicted molar refractivity (Wildman–Crippen MR) is 197 cm³/mol. The first-order valence-corrected chi connectivity index (χ1v) is 16.0. The van der Waals surface area contributed by atoms with Gasteiger partial charge in [0.25, 0.3) is 0 Å². The monoisotopic (exact) mass is 603 g/mol. The number of terminal acetylenes is 3. The van der Waals surface area contributed by atoms with Gasteiger partial charge in [0.05, 0.1) is 19.6 Å². The fourth-order valence-electron chi connectivity index (χ4n) is 4.56. The van der Waals surface area contributed by atoms with Gasteiger partial charge in [0, 0.05) is 18.1 Å². The van der Waals surface area contributed by atoms with Crippen molar-refractivity contribution in [2.24, 2.45) is 0 Å². The minimum atomic E-state index is 0.490. The van der Waals surface area contributed by atoms with Crippen molar-refractivity contribution in [3.63, 3.8) is 0 Å². The first kappa shape index (κ1) is 39.2. The molecule has 45 heavy (non-hydrogen) atoms. The van der Waals surface area contributed by atoms with Crippen LogP contribution in [0.1, 0.15) is 54.2 Å². The number of rotatable bonds is 12. The minimum Gasteiger partial charge on any atom is -0.292 e. The van der Waals surface area contributed by atoms with Crippen LogP contribution in [0.2, 0.25) is 0 Å². The lowest BCUT2D eigenvalue weighted by atomic mass is 10.0. The van der Waals surface area contributed by atoms with Gasteiger partial charge in [-0.3, -0.25) is 14.7 Å². The van der Waals surface area contributed by atoms with Crippen LogP contribution in [0.5, 0.6) is 0 Å². The van der Waals surface area contributed by atoms with Gasteiger partial charge in [-0.2, -0.15) is 0 Å². The maximum Gasteiger partial charge on any atom is 0.0598 e. The molecule has 0 spiro atoms. The normalized spacial score (nSPS) is 12.5. The first-order chi connectivity index (χ1) is 21.4. The molecule has 3 atom stereocenters. The molecule has 0 saturated carbocycles. The Morgan fingerprint density at radius 3 is 0.822 bits per heavy atom. The first-order valence-electron chi connectivity index (χ1n) is 16.0. The average molecular weight is 604 g/mol. The van der Waals surface area contributed by atoms with Crippen molar-refractivity contribution < 1.29 is 0 Å². The van der Waals surface area contributed by atoms with Crippen molar-refractivity contribution in [1.29, 1.82) is 0 Å². The summed E-state index contributed by atoms with van der Waals surface area (Å²) in [6.45, 7) is 15.1. The molecule has 0 saturated heterocycles. The molecule has 3 aromatic rings. The van der Waals surface area contributed by atoms with Crippen molar-refractivity contribution in [2.75, 3.05) is 40.8 Å². The zero-order valence-electron chi connectivity index (χ0n) is 29.5. The Hall–Kier alpha value is -3.78. The van der Waals surface area contributed by atoms with E-state index in [-0.39, 0.29) is 0 Å². The second kappa shape index (κ2) is 21.8. The zero-order valence-corrected chi connectivity index (χ0v) is 29.5. The molecule has 0 aromatic heterocycles. The summed E-state index contributed by atoms with van der Waals surface area (Å²) in [6.07, 6.45) is 19.0. The summed E-state index contributed by atoms with van der Waals surface area (Å²) in [5.74, 6) is 8.01. The second-order valence-corrected chi connectivity index (χ2v) is 12.5. The fraction of sp³-hybridized carbons (Fsp3) is 0.429. The van der Waals surface area contributed by atoms with E-state index in [0.29, 0.717) is 37.8 Å². The fourth-order valence-corrected chi connectivity index (χ4v) is 4.56. The Morgan fingerprint density at radius 1 is 0.444 bits per heavy atom. The number of benzene rings is 3. The van der Waals surface area contributed by atoms with E-state index in [2.05, 4.69) is 168 Å². The van der Waals surface area contributed by atoms with Crippen molar-refractivity contribution >= 4 is 0 Å². The van der Waals surface area contributed by atoms with Crippen LogP contribution in [0.25, 0.3) is 0 Å². The van der Waals surface area contributed by atoms with Crippen LogP contribution in [0, 0.1) is 57.8 Å². The number of nitrogens with zero attached hydrogens (tertiary/aromatic N) is 3. The molecule has 0 amide bonds. The molecule has 0 aliphatic heterocycles. The average Bonchev–Trinajstić information content (AvgIpc) is 3.01. The van der Waals surface area contributed by atoms with E-state index >= 15 is 0 Å². The summed E-state index contributed by atoms with van der Waals surface area (Å²) in [5.41, 5.74) is 8.04. The summed E-state index contributed by atoms with van der Waals surface area (Å²) < 4.78 is 0. The Morgan fingerprint density at radius 2 is 0.644 bits per heavy atom. The number of likely N-dealkylation sites (N-methyl/N-ethyl adjacent to an activating group) is 3. The van der Waals surface area contributed by atoms with Gasteiger partial charge in [-0.25, -0.2) is 0 Å². The molecule has 0 heterocycles. The summed E-state index contributed by atoms with van der Waals surface area (Å²) >= 11 is 0. The highest BCUT2D eigenvalue weighted by Gasteiger charge is 2.10. The predicted octanol–water partition coefficient (Wildman–Crippen LogP) is 7.47. The zero-order chi connectivity index (χ0) is 33.8. The van der Waals surface area contributed by atoms with Gasteiger partial charge in [-0.05, 0) is 98.6 Å². The lowest BCUT2D eigenvalue weighted by Gasteiger charge is -2.22. The molecule has 0 aliphatic carbocycles. The van der Waals surface area contributed by atoms with E-state index in [4.69, 9.17) is 19.3 Å². The van der Waals surface area contributed by atoms with E-state index < -0.39 is 0 Å². The third kappa shape index (κ3) is 16.8. The Bertz CT molecular complexity index is 1160. The summed E-state index contributed by atoms with van der Waals surface area (Å²) in [6, 6.07) is 27.5. The molecule has 0 bridgehead atoms. The van der Waals surface area contributed by atoms with Gasteiger partial charge < -0.3 is 0 Å². The third-order valence-corrected chi connectivity index (χ3v) is 8.23. The summed E-state index contributed by atoms with van der Waals surface area (Å²) in [7, 11) is 6.20. The largest absolute Gasteiger partial charge is 0.292 e. The van der Waals surface area contributed by atoms with Gasteiger partial charge in [0.15, 0.2) is 0 Å². The van der Waals surface area contributed by atoms with Crippen molar-refractivity contribution in [1.82, 2.24) is 14.7 Å². The topological polar surface area (TPSA) is 9.72 Å². The van der Waals surface area contributed by atoms with Gasteiger partial charge >= 0.3 is 0 Å².